The first-order valence-corrected chi connectivity index (χ1v) is 8.08. The number of nitrogens with two attached hydrogens (primary N) is 1. The van der Waals surface area contributed by atoms with E-state index in [1.807, 2.05) is 12.1 Å². The number of hydrogen-bond acceptors (Lipinski definition) is 6. The Morgan fingerprint density at radius 2 is 2.20 bits per heavy atom. The Hall–Kier alpha value is -2.19. The number of carbonyl (C=O) groups excluding carboxylic acids is 1. The summed E-state index contributed by atoms with van der Waals surface area (Å²) in [5.74, 6) is 1.24. The van der Waals surface area contributed by atoms with Crippen molar-refractivity contribution in [1.29, 1.82) is 0 Å². The molecular formula is C16H23ClN6O2. The van der Waals surface area contributed by atoms with Crippen molar-refractivity contribution in [3.8, 4) is 11.4 Å². The van der Waals surface area contributed by atoms with Crippen LogP contribution in [0.5, 0.6) is 5.75 Å². The molecule has 9 heteroatoms. The van der Waals surface area contributed by atoms with E-state index in [0.717, 1.165) is 25.7 Å². The van der Waals surface area contributed by atoms with E-state index in [0.29, 0.717) is 22.9 Å². The zero-order valence-corrected chi connectivity index (χ0v) is 15.1. The maximum atomic E-state index is 12.5. The Morgan fingerprint density at radius 1 is 1.40 bits per heavy atom. The van der Waals surface area contributed by atoms with Crippen LogP contribution in [0.2, 0.25) is 0 Å². The Labute approximate surface area is 152 Å². The molecule has 0 bridgehead atoms. The number of nitrogens with zero attached hydrogens (tertiary/aromatic N) is 4. The molecule has 3 rings (SSSR count). The van der Waals surface area contributed by atoms with Crippen molar-refractivity contribution in [2.75, 3.05) is 12.4 Å². The minimum absolute atomic E-state index is 0. The lowest BCUT2D eigenvalue weighted by molar-refractivity contribution is -0.120. The number of tetrazole rings is 1. The Bertz CT molecular complexity index is 735. The van der Waals surface area contributed by atoms with Gasteiger partial charge in [0.15, 0.2) is 5.82 Å². The third kappa shape index (κ3) is 4.26. The maximum absolute atomic E-state index is 12.5. The van der Waals surface area contributed by atoms with E-state index >= 15 is 0 Å². The predicted octanol–water partition coefficient (Wildman–Crippen LogP) is 1.86. The molecule has 0 saturated heterocycles. The van der Waals surface area contributed by atoms with Crippen LogP contribution in [0, 0.1) is 12.8 Å². The molecule has 1 heterocycles. The lowest BCUT2D eigenvalue weighted by Gasteiger charge is -2.25. The highest BCUT2D eigenvalue weighted by atomic mass is 35.5. The molecule has 1 aromatic carbocycles. The largest absolute Gasteiger partial charge is 0.494 e. The van der Waals surface area contributed by atoms with Gasteiger partial charge in [0.1, 0.15) is 11.4 Å². The van der Waals surface area contributed by atoms with Crippen LogP contribution >= 0.6 is 12.4 Å². The Kier molecular flexibility index (Phi) is 6.33. The highest BCUT2D eigenvalue weighted by Gasteiger charge is 2.25. The summed E-state index contributed by atoms with van der Waals surface area (Å²) in [7, 11) is 1.58. The van der Waals surface area contributed by atoms with Gasteiger partial charge in [-0.2, -0.15) is 4.68 Å². The number of nitrogens with one attached hydrogen (secondary N) is 1. The number of hydrogen-bond donors (Lipinski definition) is 2. The maximum Gasteiger partial charge on any atom is 0.227 e. The van der Waals surface area contributed by atoms with E-state index < -0.39 is 0 Å². The van der Waals surface area contributed by atoms with Crippen LogP contribution in [0.1, 0.15) is 31.5 Å². The fourth-order valence-corrected chi connectivity index (χ4v) is 3.10. The second-order valence-electron chi connectivity index (χ2n) is 6.14. The minimum Gasteiger partial charge on any atom is -0.494 e. The highest BCUT2D eigenvalue weighted by Crippen LogP contribution is 2.28. The number of methoxy groups -OCH3 is 1. The SMILES string of the molecule is COc1ccc(NC(=O)C2CCCC(N)C2)cc1-n1nnnc1C.Cl. The number of amides is 1. The zero-order chi connectivity index (χ0) is 17.1. The molecule has 0 spiro atoms. The summed E-state index contributed by atoms with van der Waals surface area (Å²) in [5.41, 5.74) is 7.34. The van der Waals surface area contributed by atoms with Crippen molar-refractivity contribution in [1.82, 2.24) is 20.2 Å². The van der Waals surface area contributed by atoms with E-state index in [1.54, 1.807) is 24.8 Å². The van der Waals surface area contributed by atoms with E-state index in [-0.39, 0.29) is 30.3 Å². The lowest BCUT2D eigenvalue weighted by Crippen LogP contribution is -2.34. The van der Waals surface area contributed by atoms with E-state index in [4.69, 9.17) is 10.5 Å². The number of carbonyl (C=O) groups is 1. The van der Waals surface area contributed by atoms with Gasteiger partial charge in [0.05, 0.1) is 7.11 Å². The normalized spacial score (nSPS) is 19.8. The summed E-state index contributed by atoms with van der Waals surface area (Å²) in [6.45, 7) is 1.80. The van der Waals surface area contributed by atoms with Gasteiger partial charge in [0.2, 0.25) is 5.91 Å². The van der Waals surface area contributed by atoms with Gasteiger partial charge in [-0.25, -0.2) is 0 Å². The van der Waals surface area contributed by atoms with Gasteiger partial charge in [-0.1, -0.05) is 6.42 Å². The summed E-state index contributed by atoms with van der Waals surface area (Å²) in [5, 5.41) is 14.5. The smallest absolute Gasteiger partial charge is 0.227 e. The molecule has 2 unspecified atom stereocenters. The molecule has 1 amide bonds. The van der Waals surface area contributed by atoms with Crippen LogP contribution in [0.3, 0.4) is 0 Å². The van der Waals surface area contributed by atoms with Crippen molar-refractivity contribution < 1.29 is 9.53 Å². The van der Waals surface area contributed by atoms with Crippen molar-refractivity contribution in [3.63, 3.8) is 0 Å². The average Bonchev–Trinajstić information content (AvgIpc) is 3.00. The van der Waals surface area contributed by atoms with Gasteiger partial charge in [0.25, 0.3) is 0 Å². The van der Waals surface area contributed by atoms with Crippen LogP contribution in [0.15, 0.2) is 18.2 Å². The standard InChI is InChI=1S/C16H22N6O2.ClH/c1-10-19-20-21-22(10)14-9-13(6-7-15(14)24-2)18-16(23)11-4-3-5-12(17)8-11;/h6-7,9,11-12H,3-5,8,17H2,1-2H3,(H,18,23);1H. The molecule has 0 radical (unpaired) electrons. The number of halogens is 1. The van der Waals surface area contributed by atoms with Gasteiger partial charge < -0.3 is 15.8 Å². The van der Waals surface area contributed by atoms with Crippen molar-refractivity contribution >= 4 is 24.0 Å². The number of benzene rings is 1. The van der Waals surface area contributed by atoms with Crippen LogP contribution in [0.25, 0.3) is 5.69 Å². The van der Waals surface area contributed by atoms with Crippen molar-refractivity contribution in [2.24, 2.45) is 11.7 Å². The average molecular weight is 367 g/mol. The Balaban J connectivity index is 0.00000225. The molecule has 1 saturated carbocycles. The topological polar surface area (TPSA) is 108 Å². The molecule has 0 aliphatic heterocycles. The van der Waals surface area contributed by atoms with Crippen molar-refractivity contribution in [3.05, 3.63) is 24.0 Å². The molecule has 3 N–H and O–H groups in total. The van der Waals surface area contributed by atoms with Gasteiger partial charge in [-0.05, 0) is 54.8 Å². The molecule has 136 valence electrons. The number of aryl methyl sites for hydroxylation is 1. The molecule has 1 fully saturated rings. The fourth-order valence-electron chi connectivity index (χ4n) is 3.10. The second kappa shape index (κ2) is 8.26. The first kappa shape index (κ1) is 19.1. The number of rotatable bonds is 4. The molecule has 8 nitrogen and oxygen atoms in total. The second-order valence-corrected chi connectivity index (χ2v) is 6.14. The first-order valence-electron chi connectivity index (χ1n) is 8.08. The number of ether oxygens (including phenoxy) is 1. The summed E-state index contributed by atoms with van der Waals surface area (Å²) in [6, 6.07) is 5.52. The van der Waals surface area contributed by atoms with E-state index in [1.165, 1.54) is 0 Å². The van der Waals surface area contributed by atoms with E-state index in [2.05, 4.69) is 20.8 Å². The molecule has 2 atom stereocenters. The van der Waals surface area contributed by atoms with Gasteiger partial charge in [-0.3, -0.25) is 4.79 Å². The molecule has 1 aliphatic carbocycles. The highest BCUT2D eigenvalue weighted by molar-refractivity contribution is 5.93. The zero-order valence-electron chi connectivity index (χ0n) is 14.3. The summed E-state index contributed by atoms with van der Waals surface area (Å²) < 4.78 is 6.94. The Morgan fingerprint density at radius 3 is 2.84 bits per heavy atom. The third-order valence-corrected chi connectivity index (χ3v) is 4.39. The van der Waals surface area contributed by atoms with Gasteiger partial charge in [0, 0.05) is 17.6 Å². The third-order valence-electron chi connectivity index (χ3n) is 4.39. The van der Waals surface area contributed by atoms with Crippen molar-refractivity contribution in [2.45, 2.75) is 38.6 Å². The monoisotopic (exact) mass is 366 g/mol. The summed E-state index contributed by atoms with van der Waals surface area (Å²) >= 11 is 0. The summed E-state index contributed by atoms with van der Waals surface area (Å²) in [6.07, 6.45) is 3.61. The molecule has 25 heavy (non-hydrogen) atoms. The van der Waals surface area contributed by atoms with Crippen LogP contribution in [-0.2, 0) is 4.79 Å². The van der Waals surface area contributed by atoms with Gasteiger partial charge in [-0.15, -0.1) is 17.5 Å². The van der Waals surface area contributed by atoms with Crippen LogP contribution in [-0.4, -0.2) is 39.3 Å². The van der Waals surface area contributed by atoms with Crippen LogP contribution < -0.4 is 15.8 Å². The lowest BCUT2D eigenvalue weighted by atomic mass is 9.85. The summed E-state index contributed by atoms with van der Waals surface area (Å²) in [4.78, 5) is 12.5. The number of aromatic nitrogens is 4. The molecule has 1 aliphatic rings. The minimum atomic E-state index is -0.0333. The predicted molar refractivity (Wildman–Crippen MR) is 96.3 cm³/mol. The molecular weight excluding hydrogens is 344 g/mol. The number of anilines is 1. The first-order chi connectivity index (χ1) is 11.6. The quantitative estimate of drug-likeness (QED) is 0.854. The van der Waals surface area contributed by atoms with E-state index in [9.17, 15) is 4.79 Å². The molecule has 2 aromatic rings. The van der Waals surface area contributed by atoms with Gasteiger partial charge >= 0.3 is 0 Å². The fraction of sp³-hybridized carbons (Fsp3) is 0.500. The van der Waals surface area contributed by atoms with Crippen LogP contribution in [0.4, 0.5) is 5.69 Å². The molecule has 1 aromatic heterocycles.